The zero-order chi connectivity index (χ0) is 15.3. The molecule has 0 spiro atoms. The van der Waals surface area contributed by atoms with Crippen molar-refractivity contribution in [3.63, 3.8) is 0 Å². The summed E-state index contributed by atoms with van der Waals surface area (Å²) >= 11 is 0. The van der Waals surface area contributed by atoms with Gasteiger partial charge in [0, 0.05) is 13.1 Å². The Morgan fingerprint density at radius 3 is 2.60 bits per heavy atom. The van der Waals surface area contributed by atoms with Gasteiger partial charge >= 0.3 is 0 Å². The molecule has 1 N–H and O–H groups in total. The van der Waals surface area contributed by atoms with Crippen LogP contribution in [0.2, 0.25) is 0 Å². The molecule has 4 nitrogen and oxygen atoms in total. The summed E-state index contributed by atoms with van der Waals surface area (Å²) in [6.07, 6.45) is -0.570. The zero-order valence-corrected chi connectivity index (χ0v) is 13.0. The zero-order valence-electron chi connectivity index (χ0n) is 13.0. The molecule has 0 heterocycles. The topological polar surface area (TPSA) is 49.8 Å². The molecule has 0 aliphatic carbocycles. The Hall–Kier alpha value is -1.55. The van der Waals surface area contributed by atoms with E-state index in [2.05, 4.69) is 0 Å². The molecular formula is C16H25NO3. The first-order valence-electron chi connectivity index (χ1n) is 6.97. The number of aliphatic hydroxyl groups is 1. The molecule has 1 amide bonds. The molecule has 0 saturated heterocycles. The number of rotatable bonds is 6. The van der Waals surface area contributed by atoms with Gasteiger partial charge in [-0.05, 0) is 52.3 Å². The summed E-state index contributed by atoms with van der Waals surface area (Å²) in [6.45, 7) is 9.82. The first-order chi connectivity index (χ1) is 9.23. The molecule has 1 atom stereocenters. The molecule has 4 heteroatoms. The minimum atomic E-state index is -0.908. The van der Waals surface area contributed by atoms with Gasteiger partial charge in [-0.3, -0.25) is 4.79 Å². The van der Waals surface area contributed by atoms with E-state index < -0.39 is 11.7 Å². The molecule has 20 heavy (non-hydrogen) atoms. The molecule has 0 fully saturated rings. The van der Waals surface area contributed by atoms with Crippen LogP contribution in [0.4, 0.5) is 0 Å². The largest absolute Gasteiger partial charge is 0.481 e. The number of carbonyl (C=O) groups is 1. The quantitative estimate of drug-likeness (QED) is 0.870. The number of likely N-dealkylation sites (N-methyl/N-ethyl adjacent to an activating group) is 1. The van der Waals surface area contributed by atoms with Crippen LogP contribution in [0.15, 0.2) is 24.3 Å². The highest BCUT2D eigenvalue weighted by Crippen LogP contribution is 2.15. The summed E-state index contributed by atoms with van der Waals surface area (Å²) in [7, 11) is 0. The van der Waals surface area contributed by atoms with Crippen LogP contribution in [0.3, 0.4) is 0 Å². The van der Waals surface area contributed by atoms with Crippen LogP contribution in [0, 0.1) is 6.92 Å². The minimum absolute atomic E-state index is 0.115. The Kier molecular flexibility index (Phi) is 5.57. The van der Waals surface area contributed by atoms with E-state index in [1.54, 1.807) is 25.7 Å². The highest BCUT2D eigenvalue weighted by Gasteiger charge is 2.25. The second-order valence-electron chi connectivity index (χ2n) is 5.74. The van der Waals surface area contributed by atoms with Crippen LogP contribution in [-0.2, 0) is 4.79 Å². The number of amides is 1. The van der Waals surface area contributed by atoms with E-state index in [1.165, 1.54) is 0 Å². The third-order valence-electron chi connectivity index (χ3n) is 2.92. The van der Waals surface area contributed by atoms with Gasteiger partial charge < -0.3 is 14.7 Å². The van der Waals surface area contributed by atoms with Gasteiger partial charge in [0.1, 0.15) is 5.75 Å². The fraction of sp³-hybridized carbons (Fsp3) is 0.562. The van der Waals surface area contributed by atoms with Crippen LogP contribution in [0.25, 0.3) is 0 Å². The second kappa shape index (κ2) is 6.75. The van der Waals surface area contributed by atoms with E-state index in [-0.39, 0.29) is 5.91 Å². The highest BCUT2D eigenvalue weighted by atomic mass is 16.5. The Bertz CT molecular complexity index is 451. The number of nitrogens with zero attached hydrogens (tertiary/aromatic N) is 1. The first-order valence-corrected chi connectivity index (χ1v) is 6.97. The van der Waals surface area contributed by atoms with E-state index in [1.807, 2.05) is 38.1 Å². The molecule has 1 rings (SSSR count). The van der Waals surface area contributed by atoms with Crippen molar-refractivity contribution in [1.29, 1.82) is 0 Å². The average molecular weight is 279 g/mol. The number of carbonyl (C=O) groups excluding carboxylic acids is 1. The summed E-state index contributed by atoms with van der Waals surface area (Å²) in [5.74, 6) is 0.571. The summed E-state index contributed by atoms with van der Waals surface area (Å²) in [5.41, 5.74) is 0.181. The predicted octanol–water partition coefficient (Wildman–Crippen LogP) is 2.38. The highest BCUT2D eigenvalue weighted by molar-refractivity contribution is 5.81. The van der Waals surface area contributed by atoms with E-state index in [0.717, 1.165) is 5.56 Å². The monoisotopic (exact) mass is 279 g/mol. The van der Waals surface area contributed by atoms with Gasteiger partial charge in [0.05, 0.1) is 5.60 Å². The normalized spacial score (nSPS) is 12.9. The summed E-state index contributed by atoms with van der Waals surface area (Å²) in [4.78, 5) is 13.9. The number of hydrogen-bond donors (Lipinski definition) is 1. The van der Waals surface area contributed by atoms with Crippen molar-refractivity contribution in [2.24, 2.45) is 0 Å². The van der Waals surface area contributed by atoms with Crippen LogP contribution in [0.5, 0.6) is 5.75 Å². The number of ether oxygens (including phenoxy) is 1. The fourth-order valence-electron chi connectivity index (χ4n) is 2.01. The van der Waals surface area contributed by atoms with Gasteiger partial charge in [0.25, 0.3) is 5.91 Å². The average Bonchev–Trinajstić information content (AvgIpc) is 2.34. The molecule has 0 aromatic heterocycles. The second-order valence-corrected chi connectivity index (χ2v) is 5.74. The molecule has 112 valence electrons. The van der Waals surface area contributed by atoms with Crippen LogP contribution in [0.1, 0.15) is 33.3 Å². The first kappa shape index (κ1) is 16.5. The molecule has 1 unspecified atom stereocenters. The number of benzene rings is 1. The Labute approximate surface area is 121 Å². The number of hydrogen-bond acceptors (Lipinski definition) is 3. The molecule has 0 aliphatic heterocycles. The Balaban J connectivity index is 2.70. The molecule has 0 aliphatic rings. The molecule has 1 aromatic carbocycles. The van der Waals surface area contributed by atoms with Gasteiger partial charge in [-0.25, -0.2) is 0 Å². The molecule has 0 radical (unpaired) electrons. The summed E-state index contributed by atoms with van der Waals surface area (Å²) in [5, 5.41) is 9.84. The maximum Gasteiger partial charge on any atom is 0.263 e. The fourth-order valence-corrected chi connectivity index (χ4v) is 2.01. The van der Waals surface area contributed by atoms with Gasteiger partial charge in [0.15, 0.2) is 6.10 Å². The molecule has 1 aromatic rings. The number of aryl methyl sites for hydroxylation is 1. The maximum atomic E-state index is 12.3. The third kappa shape index (κ3) is 5.21. The van der Waals surface area contributed by atoms with Gasteiger partial charge in [0.2, 0.25) is 0 Å². The summed E-state index contributed by atoms with van der Waals surface area (Å²) < 4.78 is 5.68. The lowest BCUT2D eigenvalue weighted by Crippen LogP contribution is -2.47. The van der Waals surface area contributed by atoms with Crippen molar-refractivity contribution < 1.29 is 14.6 Å². The van der Waals surface area contributed by atoms with Crippen molar-refractivity contribution in [2.45, 2.75) is 46.3 Å². The van der Waals surface area contributed by atoms with Crippen molar-refractivity contribution in [3.05, 3.63) is 29.8 Å². The standard InChI is InChI=1S/C16H25NO3/c1-6-17(11-16(4,5)19)15(18)13(3)20-14-9-7-8-12(2)10-14/h7-10,13,19H,6,11H2,1-5H3. The Morgan fingerprint density at radius 2 is 2.10 bits per heavy atom. The van der Waals surface area contributed by atoms with Crippen molar-refractivity contribution in [2.75, 3.05) is 13.1 Å². The predicted molar refractivity (Wildman–Crippen MR) is 79.8 cm³/mol. The van der Waals surface area contributed by atoms with Crippen molar-refractivity contribution >= 4 is 5.91 Å². The summed E-state index contributed by atoms with van der Waals surface area (Å²) in [6, 6.07) is 7.61. The van der Waals surface area contributed by atoms with Gasteiger partial charge in [-0.1, -0.05) is 12.1 Å². The minimum Gasteiger partial charge on any atom is -0.481 e. The van der Waals surface area contributed by atoms with Crippen LogP contribution >= 0.6 is 0 Å². The van der Waals surface area contributed by atoms with Crippen molar-refractivity contribution in [1.82, 2.24) is 4.90 Å². The SMILES string of the molecule is CCN(CC(C)(C)O)C(=O)C(C)Oc1cccc(C)c1. The van der Waals surface area contributed by atoms with Gasteiger partial charge in [-0.15, -0.1) is 0 Å². The molecular weight excluding hydrogens is 254 g/mol. The molecule has 0 bridgehead atoms. The van der Waals surface area contributed by atoms with E-state index in [4.69, 9.17) is 4.74 Å². The van der Waals surface area contributed by atoms with E-state index in [0.29, 0.717) is 18.8 Å². The Morgan fingerprint density at radius 1 is 1.45 bits per heavy atom. The maximum absolute atomic E-state index is 12.3. The van der Waals surface area contributed by atoms with Crippen LogP contribution < -0.4 is 4.74 Å². The van der Waals surface area contributed by atoms with E-state index >= 15 is 0 Å². The van der Waals surface area contributed by atoms with Crippen LogP contribution in [-0.4, -0.2) is 40.7 Å². The van der Waals surface area contributed by atoms with Gasteiger partial charge in [-0.2, -0.15) is 0 Å². The lowest BCUT2D eigenvalue weighted by Gasteiger charge is -2.30. The lowest BCUT2D eigenvalue weighted by atomic mass is 10.1. The smallest absolute Gasteiger partial charge is 0.263 e. The molecule has 0 saturated carbocycles. The van der Waals surface area contributed by atoms with E-state index in [9.17, 15) is 9.90 Å². The lowest BCUT2D eigenvalue weighted by molar-refractivity contribution is -0.140. The third-order valence-corrected chi connectivity index (χ3v) is 2.92. The van der Waals surface area contributed by atoms with Crippen molar-refractivity contribution in [3.8, 4) is 5.75 Å².